The molecule has 0 spiro atoms. The zero-order valence-corrected chi connectivity index (χ0v) is 17.0. The van der Waals surface area contributed by atoms with Gasteiger partial charge in [-0.1, -0.05) is 41.9 Å². The van der Waals surface area contributed by atoms with Crippen LogP contribution in [-0.4, -0.2) is 40.1 Å². The highest BCUT2D eigenvalue weighted by atomic mass is 35.5. The van der Waals surface area contributed by atoms with E-state index in [9.17, 15) is 19.5 Å². The van der Waals surface area contributed by atoms with Gasteiger partial charge in [0.05, 0.1) is 4.91 Å². The maximum Gasteiger partial charge on any atom is 0.293 e. The molecule has 0 aromatic heterocycles. The summed E-state index contributed by atoms with van der Waals surface area (Å²) in [6, 6.07) is 13.8. The Balaban J connectivity index is 1.49. The molecule has 1 saturated heterocycles. The summed E-state index contributed by atoms with van der Waals surface area (Å²) in [5, 5.41) is 12.1. The number of rotatable bonds is 7. The van der Waals surface area contributed by atoms with E-state index in [0.29, 0.717) is 23.6 Å². The van der Waals surface area contributed by atoms with E-state index >= 15 is 0 Å². The van der Waals surface area contributed by atoms with Gasteiger partial charge in [0, 0.05) is 24.5 Å². The summed E-state index contributed by atoms with van der Waals surface area (Å²) >= 11 is 6.94. The van der Waals surface area contributed by atoms with Crippen LogP contribution in [0.1, 0.15) is 17.5 Å². The molecular formula is C21H19ClN2O4S. The number of nitrogens with one attached hydrogen (secondary N) is 1. The van der Waals surface area contributed by atoms with Crippen LogP contribution in [0.2, 0.25) is 5.02 Å². The van der Waals surface area contributed by atoms with Crippen molar-refractivity contribution >= 4 is 46.5 Å². The van der Waals surface area contributed by atoms with Gasteiger partial charge in [-0.2, -0.15) is 0 Å². The fraction of sp³-hybridized carbons (Fsp3) is 0.190. The number of carbonyl (C=O) groups excluding carboxylic acids is 3. The van der Waals surface area contributed by atoms with E-state index in [1.54, 1.807) is 54.6 Å². The lowest BCUT2D eigenvalue weighted by Crippen LogP contribution is -2.34. The normalized spacial score (nSPS) is 15.2. The molecule has 3 amide bonds. The molecule has 0 unspecified atom stereocenters. The molecule has 0 radical (unpaired) electrons. The minimum absolute atomic E-state index is 0.0234. The zero-order chi connectivity index (χ0) is 20.8. The largest absolute Gasteiger partial charge is 0.508 e. The standard InChI is InChI=1S/C21H19ClN2O4S/c22-17-4-2-1-3-15(17)13-18-20(27)24(21(28)29-18)12-10-19(26)23-11-9-14-5-7-16(25)8-6-14/h1-8,13,25H,9-12H2,(H,23,26)/b18-13-. The summed E-state index contributed by atoms with van der Waals surface area (Å²) in [6.07, 6.45) is 2.24. The number of imide groups is 1. The Morgan fingerprint density at radius 2 is 1.86 bits per heavy atom. The number of carbonyl (C=O) groups is 3. The highest BCUT2D eigenvalue weighted by Crippen LogP contribution is 2.33. The number of nitrogens with zero attached hydrogens (tertiary/aromatic N) is 1. The smallest absolute Gasteiger partial charge is 0.293 e. The van der Waals surface area contributed by atoms with E-state index in [1.807, 2.05) is 0 Å². The third kappa shape index (κ3) is 5.62. The van der Waals surface area contributed by atoms with Gasteiger partial charge in [0.15, 0.2) is 0 Å². The Kier molecular flexibility index (Phi) is 6.95. The molecule has 1 aliphatic heterocycles. The van der Waals surface area contributed by atoms with Crippen LogP contribution in [0.25, 0.3) is 6.08 Å². The van der Waals surface area contributed by atoms with Crippen molar-refractivity contribution in [1.82, 2.24) is 10.2 Å². The summed E-state index contributed by atoms with van der Waals surface area (Å²) in [5.41, 5.74) is 1.64. The Morgan fingerprint density at radius 1 is 1.14 bits per heavy atom. The number of aromatic hydroxyl groups is 1. The summed E-state index contributed by atoms with van der Waals surface area (Å²) in [7, 11) is 0. The van der Waals surface area contributed by atoms with E-state index < -0.39 is 11.1 Å². The van der Waals surface area contributed by atoms with Crippen LogP contribution in [0, 0.1) is 0 Å². The molecular weight excluding hydrogens is 412 g/mol. The van der Waals surface area contributed by atoms with Crippen LogP contribution < -0.4 is 5.32 Å². The van der Waals surface area contributed by atoms with Crippen molar-refractivity contribution in [3.05, 3.63) is 69.6 Å². The predicted molar refractivity (Wildman–Crippen MR) is 114 cm³/mol. The minimum atomic E-state index is -0.420. The number of halogens is 1. The van der Waals surface area contributed by atoms with Gasteiger partial charge in [-0.15, -0.1) is 0 Å². The first kappa shape index (κ1) is 21.0. The van der Waals surface area contributed by atoms with Gasteiger partial charge in [-0.3, -0.25) is 19.3 Å². The van der Waals surface area contributed by atoms with Crippen LogP contribution in [0.4, 0.5) is 4.79 Å². The van der Waals surface area contributed by atoms with Gasteiger partial charge in [-0.05, 0) is 53.6 Å². The Labute approximate surface area is 177 Å². The molecule has 1 fully saturated rings. The average Bonchev–Trinajstić information content (AvgIpc) is 2.96. The van der Waals surface area contributed by atoms with Crippen molar-refractivity contribution in [3.8, 4) is 5.75 Å². The van der Waals surface area contributed by atoms with Crippen LogP contribution in [0.3, 0.4) is 0 Å². The van der Waals surface area contributed by atoms with E-state index in [-0.39, 0.29) is 29.5 Å². The number of hydrogen-bond acceptors (Lipinski definition) is 5. The Bertz CT molecular complexity index is 959. The molecule has 0 bridgehead atoms. The minimum Gasteiger partial charge on any atom is -0.508 e. The third-order valence-corrected chi connectivity index (χ3v) is 5.55. The van der Waals surface area contributed by atoms with E-state index in [2.05, 4.69) is 5.32 Å². The summed E-state index contributed by atoms with van der Waals surface area (Å²) < 4.78 is 0. The Morgan fingerprint density at radius 3 is 2.59 bits per heavy atom. The summed E-state index contributed by atoms with van der Waals surface area (Å²) in [5.74, 6) is -0.465. The summed E-state index contributed by atoms with van der Waals surface area (Å²) in [4.78, 5) is 38.0. The average molecular weight is 431 g/mol. The molecule has 6 nitrogen and oxygen atoms in total. The maximum atomic E-state index is 12.5. The van der Waals surface area contributed by atoms with Gasteiger partial charge in [0.1, 0.15) is 5.75 Å². The van der Waals surface area contributed by atoms with Gasteiger partial charge >= 0.3 is 0 Å². The molecule has 1 aliphatic rings. The highest BCUT2D eigenvalue weighted by molar-refractivity contribution is 8.18. The molecule has 2 aromatic carbocycles. The van der Waals surface area contributed by atoms with Crippen molar-refractivity contribution in [2.75, 3.05) is 13.1 Å². The molecule has 3 rings (SSSR count). The number of benzene rings is 2. The first-order valence-corrected chi connectivity index (χ1v) is 10.2. The predicted octanol–water partition coefficient (Wildman–Crippen LogP) is 3.83. The number of hydrogen-bond donors (Lipinski definition) is 2. The molecule has 2 aromatic rings. The fourth-order valence-electron chi connectivity index (χ4n) is 2.74. The SMILES string of the molecule is O=C(CCN1C(=O)S/C(=C\c2ccccc2Cl)C1=O)NCCc1ccc(O)cc1. The molecule has 29 heavy (non-hydrogen) atoms. The van der Waals surface area contributed by atoms with Crippen LogP contribution in [-0.2, 0) is 16.0 Å². The molecule has 8 heteroatoms. The number of amides is 3. The first-order chi connectivity index (χ1) is 13.9. The van der Waals surface area contributed by atoms with E-state index in [0.717, 1.165) is 22.2 Å². The lowest BCUT2D eigenvalue weighted by atomic mass is 10.1. The number of phenolic OH excluding ortho intramolecular Hbond substituents is 1. The number of thioether (sulfide) groups is 1. The van der Waals surface area contributed by atoms with Crippen LogP contribution in [0.5, 0.6) is 5.75 Å². The lowest BCUT2D eigenvalue weighted by molar-refractivity contribution is -0.124. The quantitative estimate of drug-likeness (QED) is 0.652. The molecule has 1 heterocycles. The highest BCUT2D eigenvalue weighted by Gasteiger charge is 2.35. The van der Waals surface area contributed by atoms with Gasteiger partial charge in [-0.25, -0.2) is 0 Å². The third-order valence-electron chi connectivity index (χ3n) is 4.30. The van der Waals surface area contributed by atoms with Gasteiger partial charge < -0.3 is 10.4 Å². The van der Waals surface area contributed by atoms with Crippen molar-refractivity contribution < 1.29 is 19.5 Å². The van der Waals surface area contributed by atoms with E-state index in [4.69, 9.17) is 11.6 Å². The lowest BCUT2D eigenvalue weighted by Gasteiger charge is -2.12. The molecule has 0 saturated carbocycles. The number of phenols is 1. The molecule has 0 aliphatic carbocycles. The van der Waals surface area contributed by atoms with Crippen molar-refractivity contribution in [1.29, 1.82) is 0 Å². The second-order valence-corrected chi connectivity index (χ2v) is 7.77. The van der Waals surface area contributed by atoms with Gasteiger partial charge in [0.2, 0.25) is 5.91 Å². The topological polar surface area (TPSA) is 86.7 Å². The monoisotopic (exact) mass is 430 g/mol. The Hall–Kier alpha value is -2.77. The molecule has 2 N–H and O–H groups in total. The van der Waals surface area contributed by atoms with Crippen molar-refractivity contribution in [2.24, 2.45) is 0 Å². The second kappa shape index (κ2) is 9.62. The maximum absolute atomic E-state index is 12.5. The summed E-state index contributed by atoms with van der Waals surface area (Å²) in [6.45, 7) is 0.452. The van der Waals surface area contributed by atoms with Crippen LogP contribution in [0.15, 0.2) is 53.4 Å². The van der Waals surface area contributed by atoms with Gasteiger partial charge in [0.25, 0.3) is 11.1 Å². The molecule has 0 atom stereocenters. The molecule has 150 valence electrons. The first-order valence-electron chi connectivity index (χ1n) is 8.98. The van der Waals surface area contributed by atoms with E-state index in [1.165, 1.54) is 0 Å². The van der Waals surface area contributed by atoms with Crippen molar-refractivity contribution in [3.63, 3.8) is 0 Å². The zero-order valence-electron chi connectivity index (χ0n) is 15.4. The van der Waals surface area contributed by atoms with Crippen molar-refractivity contribution in [2.45, 2.75) is 12.8 Å². The fourth-order valence-corrected chi connectivity index (χ4v) is 3.78. The van der Waals surface area contributed by atoms with Crippen LogP contribution >= 0.6 is 23.4 Å². The second-order valence-electron chi connectivity index (χ2n) is 6.37.